The maximum absolute atomic E-state index is 13.0. The van der Waals surface area contributed by atoms with Gasteiger partial charge in [-0.1, -0.05) is 0 Å². The quantitative estimate of drug-likeness (QED) is 0.842. The molecule has 0 atom stereocenters. The second kappa shape index (κ2) is 7.05. The summed E-state index contributed by atoms with van der Waals surface area (Å²) in [6.07, 6.45) is 3.26. The Balaban J connectivity index is 1.66. The Morgan fingerprint density at radius 3 is 2.89 bits per heavy atom. The summed E-state index contributed by atoms with van der Waals surface area (Å²) in [4.78, 5) is 6.39. The van der Waals surface area contributed by atoms with E-state index in [1.165, 1.54) is 0 Å². The fourth-order valence-electron chi connectivity index (χ4n) is 2.15. The molecular weight excluding hydrogens is 313 g/mol. The maximum atomic E-state index is 13.0. The topological polar surface area (TPSA) is 51.4 Å². The van der Waals surface area contributed by atoms with Crippen LogP contribution in [0.1, 0.15) is 19.3 Å². The number of nitrogens with zero attached hydrogens (tertiary/aromatic N) is 2. The fraction of sp³-hybridized carbons (Fsp3) is 0.615. The smallest absolute Gasteiger partial charge is 0.237 e. The minimum atomic E-state index is -0.612. The van der Waals surface area contributed by atoms with Crippen molar-refractivity contribution in [2.75, 3.05) is 32.0 Å². The van der Waals surface area contributed by atoms with Gasteiger partial charge in [0.1, 0.15) is 6.17 Å². The number of alkyl halides is 1. The summed E-state index contributed by atoms with van der Waals surface area (Å²) in [5.74, 6) is 0.477. The van der Waals surface area contributed by atoms with Crippen LogP contribution in [0.5, 0.6) is 5.88 Å². The first-order valence-electron chi connectivity index (χ1n) is 6.55. The van der Waals surface area contributed by atoms with E-state index < -0.39 is 6.17 Å². The van der Waals surface area contributed by atoms with E-state index in [4.69, 9.17) is 10.5 Å². The van der Waals surface area contributed by atoms with Crippen molar-refractivity contribution in [1.82, 2.24) is 9.88 Å². The zero-order chi connectivity index (χ0) is 13.7. The second-order valence-electron chi connectivity index (χ2n) is 4.77. The molecule has 0 amide bonds. The van der Waals surface area contributed by atoms with Crippen LogP contribution >= 0.6 is 15.9 Å². The van der Waals surface area contributed by atoms with E-state index in [1.807, 2.05) is 0 Å². The molecule has 1 fully saturated rings. The summed E-state index contributed by atoms with van der Waals surface area (Å²) in [5.41, 5.74) is 6.33. The van der Waals surface area contributed by atoms with Crippen molar-refractivity contribution in [1.29, 1.82) is 0 Å². The molecule has 2 N–H and O–H groups in total. The van der Waals surface area contributed by atoms with Gasteiger partial charge in [0.2, 0.25) is 5.88 Å². The molecule has 1 aliphatic heterocycles. The minimum absolute atomic E-state index is 0.477. The predicted molar refractivity (Wildman–Crippen MR) is 77.0 cm³/mol. The van der Waals surface area contributed by atoms with Gasteiger partial charge < -0.3 is 15.4 Å². The zero-order valence-electron chi connectivity index (χ0n) is 10.8. The highest BCUT2D eigenvalue weighted by molar-refractivity contribution is 9.10. The Morgan fingerprint density at radius 2 is 2.21 bits per heavy atom. The zero-order valence-corrected chi connectivity index (χ0v) is 12.4. The molecule has 1 aliphatic rings. The normalized spacial score (nSPS) is 17.6. The van der Waals surface area contributed by atoms with E-state index in [0.29, 0.717) is 31.0 Å². The second-order valence-corrected chi connectivity index (χ2v) is 5.68. The van der Waals surface area contributed by atoms with Crippen LogP contribution in [0, 0.1) is 0 Å². The summed E-state index contributed by atoms with van der Waals surface area (Å²) in [6, 6.07) is 1.77. The molecule has 0 aliphatic carbocycles. The van der Waals surface area contributed by atoms with E-state index in [9.17, 15) is 4.39 Å². The van der Waals surface area contributed by atoms with Crippen molar-refractivity contribution in [3.05, 3.63) is 16.7 Å². The lowest BCUT2D eigenvalue weighted by Crippen LogP contribution is -2.35. The Hall–Kier alpha value is -0.880. The van der Waals surface area contributed by atoms with Crippen molar-refractivity contribution in [3.63, 3.8) is 0 Å². The molecule has 2 heterocycles. The third kappa shape index (κ3) is 4.62. The van der Waals surface area contributed by atoms with Gasteiger partial charge in [-0.2, -0.15) is 0 Å². The van der Waals surface area contributed by atoms with Gasteiger partial charge in [-0.3, -0.25) is 0 Å². The average molecular weight is 332 g/mol. The molecule has 0 spiro atoms. The molecule has 1 aromatic rings. The number of aromatic nitrogens is 1. The highest BCUT2D eigenvalue weighted by Crippen LogP contribution is 2.22. The van der Waals surface area contributed by atoms with Crippen molar-refractivity contribution in [3.8, 4) is 5.88 Å². The van der Waals surface area contributed by atoms with Crippen molar-refractivity contribution in [2.45, 2.75) is 25.4 Å². The summed E-state index contributed by atoms with van der Waals surface area (Å²) < 4.78 is 19.4. The van der Waals surface area contributed by atoms with Gasteiger partial charge in [-0.15, -0.1) is 0 Å². The maximum Gasteiger partial charge on any atom is 0.237 e. The molecule has 4 nitrogen and oxygen atoms in total. The van der Waals surface area contributed by atoms with E-state index in [0.717, 1.165) is 30.5 Å². The van der Waals surface area contributed by atoms with Crippen LogP contribution in [-0.4, -0.2) is 42.3 Å². The van der Waals surface area contributed by atoms with Crippen LogP contribution in [0.25, 0.3) is 0 Å². The predicted octanol–water partition coefficient (Wildman–Crippen LogP) is 2.63. The Kier molecular flexibility index (Phi) is 5.39. The molecule has 0 bridgehead atoms. The number of ether oxygens (including phenoxy) is 1. The number of hydrogen-bond donors (Lipinski definition) is 1. The molecular formula is C13H19BrFN3O. The number of rotatable bonds is 5. The van der Waals surface area contributed by atoms with Crippen LogP contribution in [0.15, 0.2) is 16.7 Å². The summed E-state index contributed by atoms with van der Waals surface area (Å²) >= 11 is 3.30. The minimum Gasteiger partial charge on any atom is -0.476 e. The number of piperidine rings is 1. The number of nitrogen functional groups attached to an aromatic ring is 1. The molecule has 0 saturated carbocycles. The molecule has 1 aromatic heterocycles. The van der Waals surface area contributed by atoms with Crippen LogP contribution in [-0.2, 0) is 0 Å². The lowest BCUT2D eigenvalue weighted by Gasteiger charge is -2.28. The number of nitrogens with two attached hydrogens (primary N) is 1. The van der Waals surface area contributed by atoms with E-state index in [1.54, 1.807) is 12.3 Å². The van der Waals surface area contributed by atoms with Gasteiger partial charge in [-0.25, -0.2) is 9.37 Å². The van der Waals surface area contributed by atoms with E-state index in [2.05, 4.69) is 25.8 Å². The highest BCUT2D eigenvalue weighted by Gasteiger charge is 2.17. The van der Waals surface area contributed by atoms with Gasteiger partial charge >= 0.3 is 0 Å². The van der Waals surface area contributed by atoms with Gasteiger partial charge in [0, 0.05) is 30.3 Å². The summed E-state index contributed by atoms with van der Waals surface area (Å²) in [5, 5.41) is 0. The number of anilines is 1. The molecule has 19 heavy (non-hydrogen) atoms. The van der Waals surface area contributed by atoms with Crippen LogP contribution in [0.2, 0.25) is 0 Å². The first kappa shape index (κ1) is 14.5. The first-order valence-corrected chi connectivity index (χ1v) is 7.34. The van der Waals surface area contributed by atoms with Crippen molar-refractivity contribution >= 4 is 21.6 Å². The third-order valence-electron chi connectivity index (χ3n) is 3.22. The fourth-order valence-corrected chi connectivity index (χ4v) is 2.49. The summed E-state index contributed by atoms with van der Waals surface area (Å²) in [6.45, 7) is 3.21. The highest BCUT2D eigenvalue weighted by atomic mass is 79.9. The van der Waals surface area contributed by atoms with Gasteiger partial charge in [0.15, 0.2) is 0 Å². The van der Waals surface area contributed by atoms with Gasteiger partial charge in [0.25, 0.3) is 0 Å². The Labute approximate surface area is 121 Å². The monoisotopic (exact) mass is 331 g/mol. The first-order chi connectivity index (χ1) is 9.15. The van der Waals surface area contributed by atoms with Gasteiger partial charge in [-0.05, 0) is 41.3 Å². The molecule has 2 rings (SSSR count). The Morgan fingerprint density at radius 1 is 1.47 bits per heavy atom. The molecule has 106 valence electrons. The van der Waals surface area contributed by atoms with E-state index in [-0.39, 0.29) is 0 Å². The SMILES string of the molecule is Nc1cc(Br)cnc1OCCCN1CCC(F)CC1. The third-order valence-corrected chi connectivity index (χ3v) is 3.65. The molecule has 0 unspecified atom stereocenters. The largest absolute Gasteiger partial charge is 0.476 e. The summed E-state index contributed by atoms with van der Waals surface area (Å²) in [7, 11) is 0. The number of hydrogen-bond acceptors (Lipinski definition) is 4. The van der Waals surface area contributed by atoms with Crippen LogP contribution < -0.4 is 10.5 Å². The molecule has 0 aromatic carbocycles. The number of likely N-dealkylation sites (tertiary alicyclic amines) is 1. The molecule has 6 heteroatoms. The van der Waals surface area contributed by atoms with Crippen molar-refractivity contribution < 1.29 is 9.13 Å². The molecule has 1 saturated heterocycles. The van der Waals surface area contributed by atoms with E-state index >= 15 is 0 Å². The lowest BCUT2D eigenvalue weighted by molar-refractivity contribution is 0.142. The number of halogens is 2. The van der Waals surface area contributed by atoms with Crippen LogP contribution in [0.4, 0.5) is 10.1 Å². The Bertz CT molecular complexity index is 411. The average Bonchev–Trinajstić information content (AvgIpc) is 2.39. The standard InChI is InChI=1S/C13H19BrFN3O/c14-10-8-12(16)13(17-9-10)19-7-1-4-18-5-2-11(15)3-6-18/h8-9,11H,1-7,16H2. The van der Waals surface area contributed by atoms with Crippen LogP contribution in [0.3, 0.4) is 0 Å². The lowest BCUT2D eigenvalue weighted by atomic mass is 10.1. The molecule has 0 radical (unpaired) electrons. The number of pyridine rings is 1. The van der Waals surface area contributed by atoms with Gasteiger partial charge in [0.05, 0.1) is 12.3 Å². The van der Waals surface area contributed by atoms with Crippen molar-refractivity contribution in [2.24, 2.45) is 0 Å².